The molecular weight excluding hydrogens is 821 g/mol. The number of likely N-dealkylation sites (N-methyl/N-ethyl adjacent to an activating group) is 2. The average molecular weight is 856 g/mol. The fraction of sp³-hybridized carbons (Fsp3) is 0.306. The monoisotopic (exact) mass is 854 g/mol. The average Bonchev–Trinajstić information content (AvgIpc) is 3.03. The molecule has 0 saturated carbocycles. The third kappa shape index (κ3) is 7.09. The van der Waals surface area contributed by atoms with Gasteiger partial charge in [0.1, 0.15) is 30.1 Å². The summed E-state index contributed by atoms with van der Waals surface area (Å²) in [7, 11) is -5.42. The second-order valence-electron chi connectivity index (χ2n) is 14.3. The normalized spacial score (nSPS) is 17.1. The molecule has 4 N–H and O–H groups in total. The number of carboxylic acid groups (broad SMARTS) is 1. The molecule has 3 aromatic carbocycles. The molecule has 3 heterocycles. The Labute approximate surface area is 331 Å². The predicted octanol–water partition coefficient (Wildman–Crippen LogP) is 6.12. The topological polar surface area (TPSA) is 185 Å². The number of hydrogen-bond donors (Lipinski definition) is 4. The van der Waals surface area contributed by atoms with Crippen LogP contribution in [0.5, 0.6) is 11.5 Å². The van der Waals surface area contributed by atoms with Crippen LogP contribution < -0.4 is 24.8 Å². The lowest BCUT2D eigenvalue weighted by Crippen LogP contribution is -2.47. The number of halogens is 3. The van der Waals surface area contributed by atoms with Gasteiger partial charge in [-0.05, 0) is 43.2 Å². The maximum atomic E-state index is 13.1. The van der Waals surface area contributed by atoms with Gasteiger partial charge in [-0.25, -0.2) is 9.37 Å². The van der Waals surface area contributed by atoms with Crippen molar-refractivity contribution in [1.29, 1.82) is 5.41 Å². The fourth-order valence-electron chi connectivity index (χ4n) is 7.08. The van der Waals surface area contributed by atoms with Crippen LogP contribution in [0.2, 0.25) is 15.1 Å². The van der Waals surface area contributed by atoms with Gasteiger partial charge in [-0.3, -0.25) is 9.11 Å². The summed E-state index contributed by atoms with van der Waals surface area (Å²) in [6, 6.07) is 6.65. The molecule has 0 atom stereocenters. The number of nitrogens with one attached hydrogen (secondary N) is 1. The van der Waals surface area contributed by atoms with Gasteiger partial charge in [0.15, 0.2) is 5.54 Å². The van der Waals surface area contributed by atoms with E-state index in [4.69, 9.17) is 44.9 Å². The van der Waals surface area contributed by atoms with Crippen molar-refractivity contribution in [3.63, 3.8) is 0 Å². The summed E-state index contributed by atoms with van der Waals surface area (Å²) in [4.78, 5) is 15.2. The Kier molecular flexibility index (Phi) is 10.2. The highest BCUT2D eigenvalue weighted by Gasteiger charge is 2.39. The van der Waals surface area contributed by atoms with Gasteiger partial charge in [0.2, 0.25) is 5.36 Å². The van der Waals surface area contributed by atoms with Crippen LogP contribution in [0, 0.1) is 5.41 Å². The molecule has 0 spiro atoms. The van der Waals surface area contributed by atoms with Gasteiger partial charge in [0.05, 0.1) is 37.8 Å². The van der Waals surface area contributed by atoms with E-state index in [1.165, 1.54) is 0 Å². The first-order valence-electron chi connectivity index (χ1n) is 16.2. The van der Waals surface area contributed by atoms with Crippen molar-refractivity contribution in [2.45, 2.75) is 43.7 Å². The summed E-state index contributed by atoms with van der Waals surface area (Å²) in [5.41, 5.74) is 0.416. The van der Waals surface area contributed by atoms with Crippen molar-refractivity contribution < 1.29 is 40.6 Å². The Morgan fingerprint density at radius 1 is 0.907 bits per heavy atom. The maximum absolute atomic E-state index is 13.1. The zero-order valence-electron chi connectivity index (χ0n) is 29.7. The lowest BCUT2D eigenvalue weighted by molar-refractivity contribution is 0.0696. The highest BCUT2D eigenvalue weighted by atomic mass is 35.5. The van der Waals surface area contributed by atoms with Crippen molar-refractivity contribution in [2.24, 2.45) is 0 Å². The van der Waals surface area contributed by atoms with Crippen molar-refractivity contribution >= 4 is 101 Å². The van der Waals surface area contributed by atoms with E-state index in [0.29, 0.717) is 22.2 Å². The minimum atomic E-state index is -4.52. The van der Waals surface area contributed by atoms with Crippen molar-refractivity contribution in [2.75, 3.05) is 36.3 Å². The van der Waals surface area contributed by atoms with E-state index in [9.17, 15) is 35.8 Å². The molecular formula is C36H35Cl3N3O9S3+. The minimum absolute atomic E-state index is 0.0636. The van der Waals surface area contributed by atoms with E-state index in [1.54, 1.807) is 36.4 Å². The van der Waals surface area contributed by atoms with Crippen LogP contribution in [0.15, 0.2) is 41.3 Å². The van der Waals surface area contributed by atoms with E-state index in [1.807, 2.05) is 51.3 Å². The third-order valence-electron chi connectivity index (χ3n) is 9.88. The van der Waals surface area contributed by atoms with Gasteiger partial charge >= 0.3 is 5.97 Å². The number of rotatable bonds is 9. The molecule has 286 valence electrons. The van der Waals surface area contributed by atoms with Crippen LogP contribution in [-0.2, 0) is 20.2 Å². The lowest BCUT2D eigenvalue weighted by atomic mass is 9.83. The van der Waals surface area contributed by atoms with Gasteiger partial charge in [-0.1, -0.05) is 40.9 Å². The van der Waals surface area contributed by atoms with Crippen molar-refractivity contribution in [1.82, 2.24) is 4.58 Å². The van der Waals surface area contributed by atoms with Crippen molar-refractivity contribution in [3.8, 4) is 11.5 Å². The quantitative estimate of drug-likeness (QED) is 0.0500. The Bertz CT molecular complexity index is 2660. The molecule has 0 fully saturated rings. The van der Waals surface area contributed by atoms with E-state index in [0.717, 1.165) is 18.0 Å². The first kappa shape index (κ1) is 40.3. The molecule has 0 bridgehead atoms. The predicted molar refractivity (Wildman–Crippen MR) is 214 cm³/mol. The van der Waals surface area contributed by atoms with E-state index in [-0.39, 0.29) is 70.3 Å². The SMILES string of the molecule is CN1c2cc3c(cc2C(CS(=O)(=O)O)=CC1(C)C)C(c1c(Cl)c(SCC=N)c(Cl)c(Cl)c1C(=O)O)=c1cc2c(cc1O3)=[N+](C)C(C)(C)C=C2CS(=O)(=O)O. The third-order valence-corrected chi connectivity index (χ3v) is 13.7. The van der Waals surface area contributed by atoms with Crippen LogP contribution >= 0.6 is 46.6 Å². The van der Waals surface area contributed by atoms with Crippen molar-refractivity contribution in [3.05, 3.63) is 89.9 Å². The molecule has 0 aromatic heterocycles. The molecule has 0 radical (unpaired) electrons. The second kappa shape index (κ2) is 13.7. The number of benzene rings is 3. The van der Waals surface area contributed by atoms with Gasteiger partial charge in [0.25, 0.3) is 20.2 Å². The molecule has 0 saturated heterocycles. The van der Waals surface area contributed by atoms with Gasteiger partial charge in [-0.2, -0.15) is 16.8 Å². The number of aromatic carboxylic acids is 1. The molecule has 0 aliphatic carbocycles. The smallest absolute Gasteiger partial charge is 0.337 e. The minimum Gasteiger partial charge on any atom is -0.478 e. The molecule has 3 aliphatic heterocycles. The molecule has 0 unspecified atom stereocenters. The van der Waals surface area contributed by atoms with E-state index in [2.05, 4.69) is 0 Å². The van der Waals surface area contributed by atoms with Gasteiger partial charge < -0.3 is 20.2 Å². The van der Waals surface area contributed by atoms with Crippen LogP contribution in [0.1, 0.15) is 60.3 Å². The Balaban J connectivity index is 1.86. The number of fused-ring (bicyclic) bond motifs is 4. The van der Waals surface area contributed by atoms with Crippen LogP contribution in [0.25, 0.3) is 16.7 Å². The lowest BCUT2D eigenvalue weighted by Gasteiger charge is -2.41. The second-order valence-corrected chi connectivity index (χ2v) is 19.3. The Morgan fingerprint density at radius 3 is 2.09 bits per heavy atom. The van der Waals surface area contributed by atoms with Gasteiger partial charge in [0, 0.05) is 77.0 Å². The summed E-state index contributed by atoms with van der Waals surface area (Å²) < 4.78 is 77.7. The molecule has 6 rings (SSSR count). The summed E-state index contributed by atoms with van der Waals surface area (Å²) >= 11 is 21.6. The highest BCUT2D eigenvalue weighted by molar-refractivity contribution is 8.00. The number of carboxylic acids is 1. The first-order valence-corrected chi connectivity index (χ1v) is 21.5. The highest BCUT2D eigenvalue weighted by Crippen LogP contribution is 2.51. The number of hydrogen-bond acceptors (Lipinski definition) is 9. The molecule has 12 nitrogen and oxygen atoms in total. The van der Waals surface area contributed by atoms with E-state index >= 15 is 0 Å². The van der Waals surface area contributed by atoms with Crippen LogP contribution in [0.3, 0.4) is 0 Å². The zero-order chi connectivity index (χ0) is 40.0. The molecule has 0 amide bonds. The number of nitrogens with zero attached hydrogens (tertiary/aromatic N) is 2. The molecule has 18 heteroatoms. The first-order chi connectivity index (χ1) is 24.9. The zero-order valence-corrected chi connectivity index (χ0v) is 34.4. The molecule has 3 aliphatic rings. The number of thioether (sulfide) groups is 1. The summed E-state index contributed by atoms with van der Waals surface area (Å²) in [6.07, 6.45) is 4.55. The summed E-state index contributed by atoms with van der Waals surface area (Å²) in [5.74, 6) is -2.31. The Morgan fingerprint density at radius 2 is 1.52 bits per heavy atom. The molecule has 54 heavy (non-hydrogen) atoms. The van der Waals surface area contributed by atoms with Crippen LogP contribution in [-0.4, -0.2) is 85.7 Å². The Hall–Kier alpha value is -3.41. The molecule has 3 aromatic rings. The van der Waals surface area contributed by atoms with Crippen LogP contribution in [0.4, 0.5) is 5.69 Å². The number of ether oxygens (including phenoxy) is 1. The number of anilines is 1. The largest absolute Gasteiger partial charge is 0.478 e. The van der Waals surface area contributed by atoms with E-state index < -0.39 is 54.4 Å². The standard InChI is InChI=1S/C36H34Cl3N3O9S3/c1-35(2)13-17(15-53(45,46)47)19-9-21-25(11-23(19)41(35)5)51-26-12-24-20(18(16-54(48,49)50)14-36(3,4)42(24)6)10-22(26)27(21)28-29(34(43)44)30(37)32(39)33(31(28)38)52-8-7-40/h7,9-14,40H,8,15-16H2,1-6H3,(H2-,43,44,45,46,47,48,49,50)/p+1. The summed E-state index contributed by atoms with van der Waals surface area (Å²) in [5, 5.41) is 18.6. The van der Waals surface area contributed by atoms with Gasteiger partial charge in [-0.15, -0.1) is 11.8 Å². The number of carbonyl (C=O) groups is 1. The summed E-state index contributed by atoms with van der Waals surface area (Å²) in [6.45, 7) is 7.49. The maximum Gasteiger partial charge on any atom is 0.337 e. The fourth-order valence-corrected chi connectivity index (χ4v) is 10.2.